The molecular formula is C10H8N4O4S2. The van der Waals surface area contributed by atoms with Gasteiger partial charge in [0.15, 0.2) is 11.1 Å². The molecule has 1 heterocycles. The molecule has 2 N–H and O–H groups in total. The van der Waals surface area contributed by atoms with Crippen LogP contribution in [0.3, 0.4) is 0 Å². The normalized spacial score (nSPS) is 12.4. The molecule has 0 spiro atoms. The average molecular weight is 312 g/mol. The molecular weight excluding hydrogens is 304 g/mol. The van der Waals surface area contributed by atoms with Crippen LogP contribution in [0.15, 0.2) is 0 Å². The van der Waals surface area contributed by atoms with Gasteiger partial charge < -0.3 is 9.47 Å². The second-order valence-electron chi connectivity index (χ2n) is 3.02. The van der Waals surface area contributed by atoms with E-state index < -0.39 is 11.9 Å². The van der Waals surface area contributed by atoms with Crippen LogP contribution >= 0.6 is 23.1 Å². The van der Waals surface area contributed by atoms with Crippen LogP contribution in [0.5, 0.6) is 0 Å². The maximum absolute atomic E-state index is 11.3. The molecule has 10 heteroatoms. The lowest BCUT2D eigenvalue weighted by atomic mass is 10.3. The molecule has 0 aliphatic heterocycles. The van der Waals surface area contributed by atoms with E-state index in [-0.39, 0.29) is 20.5 Å². The first-order chi connectivity index (χ1) is 9.58. The van der Waals surface area contributed by atoms with Gasteiger partial charge in [0.05, 0.1) is 14.2 Å². The van der Waals surface area contributed by atoms with Crippen LogP contribution in [-0.4, -0.2) is 34.9 Å². The zero-order valence-electron chi connectivity index (χ0n) is 10.3. The van der Waals surface area contributed by atoms with Crippen LogP contribution < -0.4 is 9.33 Å². The van der Waals surface area contributed by atoms with E-state index in [4.69, 9.17) is 10.5 Å². The highest BCUT2D eigenvalue weighted by Gasteiger charge is 2.13. The fourth-order valence-corrected chi connectivity index (χ4v) is 2.66. The van der Waals surface area contributed by atoms with E-state index in [2.05, 4.69) is 18.2 Å². The van der Waals surface area contributed by atoms with Gasteiger partial charge in [-0.25, -0.2) is 9.59 Å². The first-order valence-electron chi connectivity index (χ1n) is 4.90. The molecule has 0 atom stereocenters. The molecule has 1 rings (SSSR count). The molecule has 0 amide bonds. The summed E-state index contributed by atoms with van der Waals surface area (Å²) >= 11 is 1.75. The number of H-pyrrole nitrogens is 2. The van der Waals surface area contributed by atoms with E-state index in [0.29, 0.717) is 0 Å². The summed E-state index contributed by atoms with van der Waals surface area (Å²) in [5.41, 5.74) is -0.429. The molecule has 0 saturated carbocycles. The Morgan fingerprint density at radius 1 is 0.950 bits per heavy atom. The largest absolute Gasteiger partial charge is 0.465 e. The number of hydrogen-bond donors (Lipinski definition) is 2. The van der Waals surface area contributed by atoms with Crippen LogP contribution in [0.2, 0.25) is 0 Å². The Bertz CT molecular complexity index is 674. The number of carbonyl (C=O) groups excluding carboxylic acids is 2. The second-order valence-corrected chi connectivity index (χ2v) is 4.66. The molecule has 1 aromatic heterocycles. The fourth-order valence-electron chi connectivity index (χ4n) is 1.02. The summed E-state index contributed by atoms with van der Waals surface area (Å²) in [6.45, 7) is 0. The van der Waals surface area contributed by atoms with Crippen molar-refractivity contribution < 1.29 is 19.1 Å². The molecule has 1 aromatic rings. The lowest BCUT2D eigenvalue weighted by Crippen LogP contribution is -2.20. The Labute approximate surface area is 120 Å². The monoisotopic (exact) mass is 312 g/mol. The molecule has 104 valence electrons. The second kappa shape index (κ2) is 7.13. The summed E-state index contributed by atoms with van der Waals surface area (Å²) in [5.74, 6) is -1.57. The molecule has 0 aliphatic rings. The van der Waals surface area contributed by atoms with E-state index in [1.807, 2.05) is 0 Å². The molecule has 0 unspecified atom stereocenters. The summed E-state index contributed by atoms with van der Waals surface area (Å²) in [6.07, 6.45) is 0. The molecule has 8 nitrogen and oxygen atoms in total. The summed E-state index contributed by atoms with van der Waals surface area (Å²) in [7, 11) is 2.31. The number of hydrogen-bond acceptors (Lipinski definition) is 8. The molecule has 0 aromatic carbocycles. The van der Waals surface area contributed by atoms with Gasteiger partial charge in [0.2, 0.25) is 0 Å². The van der Waals surface area contributed by atoms with Gasteiger partial charge in [-0.05, 0) is 23.1 Å². The maximum atomic E-state index is 11.3. The lowest BCUT2D eigenvalue weighted by Gasteiger charge is -1.97. The Morgan fingerprint density at radius 3 is 1.50 bits per heavy atom. The topological polar surface area (TPSA) is 132 Å². The molecule has 0 saturated heterocycles. The van der Waals surface area contributed by atoms with Crippen molar-refractivity contribution in [1.29, 1.82) is 10.5 Å². The highest BCUT2D eigenvalue weighted by Crippen LogP contribution is 1.97. The van der Waals surface area contributed by atoms with Crippen LogP contribution in [0.25, 0.3) is 11.1 Å². The van der Waals surface area contributed by atoms with Gasteiger partial charge in [0, 0.05) is 0 Å². The van der Waals surface area contributed by atoms with Gasteiger partial charge in [-0.2, -0.15) is 10.5 Å². The number of rotatable bonds is 2. The third kappa shape index (κ3) is 3.26. The molecule has 0 fully saturated rings. The number of ether oxygens (including phenoxy) is 2. The summed E-state index contributed by atoms with van der Waals surface area (Å²) in [4.78, 5) is 22.7. The minimum absolute atomic E-state index is 0.215. The summed E-state index contributed by atoms with van der Waals surface area (Å²) < 4.78 is 14.7. The molecule has 0 aliphatic carbocycles. The Balaban J connectivity index is 3.53. The van der Waals surface area contributed by atoms with Crippen LogP contribution in [0.1, 0.15) is 0 Å². The third-order valence-electron chi connectivity index (χ3n) is 1.95. The molecule has 20 heavy (non-hydrogen) atoms. The van der Waals surface area contributed by atoms with E-state index in [1.165, 1.54) is 0 Å². The highest BCUT2D eigenvalue weighted by molar-refractivity contribution is 7.09. The van der Waals surface area contributed by atoms with Crippen LogP contribution in [0.4, 0.5) is 0 Å². The zero-order valence-corrected chi connectivity index (χ0v) is 12.0. The van der Waals surface area contributed by atoms with Crippen molar-refractivity contribution in [3.05, 3.63) is 9.33 Å². The van der Waals surface area contributed by atoms with Gasteiger partial charge >= 0.3 is 11.9 Å². The van der Waals surface area contributed by atoms with Gasteiger partial charge in [-0.3, -0.25) is 8.75 Å². The summed E-state index contributed by atoms with van der Waals surface area (Å²) in [5, 5.41) is 17.8. The van der Waals surface area contributed by atoms with Crippen molar-refractivity contribution in [1.82, 2.24) is 8.75 Å². The minimum Gasteiger partial charge on any atom is -0.465 e. The zero-order chi connectivity index (χ0) is 15.1. The lowest BCUT2D eigenvalue weighted by molar-refractivity contribution is -0.134. The van der Waals surface area contributed by atoms with Crippen molar-refractivity contribution in [2.45, 2.75) is 0 Å². The number of carbonyl (C=O) groups is 2. The number of nitrogens with one attached hydrogen (secondary N) is 2. The van der Waals surface area contributed by atoms with E-state index in [0.717, 1.165) is 37.3 Å². The van der Waals surface area contributed by atoms with E-state index in [9.17, 15) is 9.59 Å². The van der Waals surface area contributed by atoms with Crippen molar-refractivity contribution >= 4 is 46.1 Å². The van der Waals surface area contributed by atoms with Gasteiger partial charge in [0.1, 0.15) is 21.5 Å². The van der Waals surface area contributed by atoms with Crippen molar-refractivity contribution in [2.75, 3.05) is 14.2 Å². The van der Waals surface area contributed by atoms with Crippen molar-refractivity contribution in [2.24, 2.45) is 0 Å². The van der Waals surface area contributed by atoms with E-state index in [1.54, 1.807) is 12.1 Å². The number of nitrogens with zero attached hydrogens (tertiary/aromatic N) is 2. The first-order valence-corrected chi connectivity index (χ1v) is 6.53. The number of nitriles is 2. The number of esters is 2. The molecule has 0 radical (unpaired) electrons. The standard InChI is InChI=1S/C10H8N4O4S2/c1-17-9(15)5(3-11)7-13-20-8(14-19-7)6(4-12)10(16)18-2/h13-14H,1-2H3. The van der Waals surface area contributed by atoms with Crippen molar-refractivity contribution in [3.63, 3.8) is 0 Å². The van der Waals surface area contributed by atoms with Gasteiger partial charge in [0.25, 0.3) is 0 Å². The van der Waals surface area contributed by atoms with Gasteiger partial charge in [-0.1, -0.05) is 0 Å². The molecule has 0 bridgehead atoms. The van der Waals surface area contributed by atoms with Crippen LogP contribution in [-0.2, 0) is 19.1 Å². The Kier molecular flexibility index (Phi) is 5.53. The SMILES string of the molecule is COC(=O)C(C#N)=c1[nH]sc(=C(C#N)C(=O)OC)[nH]s1. The quantitative estimate of drug-likeness (QED) is 0.693. The summed E-state index contributed by atoms with van der Waals surface area (Å²) in [6, 6.07) is 3.42. The van der Waals surface area contributed by atoms with Crippen LogP contribution in [0, 0.1) is 22.7 Å². The number of methoxy groups -OCH3 is 2. The van der Waals surface area contributed by atoms with E-state index >= 15 is 0 Å². The smallest absolute Gasteiger partial charge is 0.351 e. The average Bonchev–Trinajstić information content (AvgIpc) is 2.49. The number of aromatic amines is 2. The van der Waals surface area contributed by atoms with Crippen molar-refractivity contribution in [3.8, 4) is 12.1 Å². The third-order valence-corrected chi connectivity index (χ3v) is 3.84. The number of aromatic nitrogens is 2. The predicted molar refractivity (Wildman–Crippen MR) is 69.8 cm³/mol. The first kappa shape index (κ1) is 15.5. The Hall–Kier alpha value is -2.56. The highest BCUT2D eigenvalue weighted by atomic mass is 32.1. The van der Waals surface area contributed by atoms with Gasteiger partial charge in [-0.15, -0.1) is 0 Å². The Morgan fingerprint density at radius 2 is 1.30 bits per heavy atom. The maximum Gasteiger partial charge on any atom is 0.351 e. The predicted octanol–water partition coefficient (Wildman–Crippen LogP) is -0.715. The minimum atomic E-state index is -0.786. The fraction of sp³-hybridized carbons (Fsp3) is 0.200.